The van der Waals surface area contributed by atoms with E-state index in [-0.39, 0.29) is 11.6 Å². The molecule has 4 rings (SSSR count). The van der Waals surface area contributed by atoms with E-state index in [0.29, 0.717) is 45.6 Å². The molecule has 8 nitrogen and oxygen atoms in total. The highest BCUT2D eigenvalue weighted by atomic mass is 35.5. The molecule has 0 heterocycles. The Morgan fingerprint density at radius 1 is 0.911 bits per heavy atom. The van der Waals surface area contributed by atoms with Gasteiger partial charge in [-0.05, 0) is 74.9 Å². The van der Waals surface area contributed by atoms with Crippen molar-refractivity contribution in [2.24, 2.45) is 0 Å². The first-order valence-electron chi connectivity index (χ1n) is 14.2. The monoisotopic (exact) mass is 643 g/mol. The summed E-state index contributed by atoms with van der Waals surface area (Å²) in [7, 11) is 1.51. The van der Waals surface area contributed by atoms with E-state index in [4.69, 9.17) is 21.1 Å². The van der Waals surface area contributed by atoms with Gasteiger partial charge in [-0.3, -0.25) is 14.4 Å². The van der Waals surface area contributed by atoms with E-state index in [1.807, 2.05) is 38.1 Å². The number of nitrogens with one attached hydrogen (secondary N) is 3. The van der Waals surface area contributed by atoms with Gasteiger partial charge in [0, 0.05) is 32.8 Å². The number of amides is 3. The van der Waals surface area contributed by atoms with Crippen molar-refractivity contribution in [2.75, 3.05) is 24.4 Å². The first-order chi connectivity index (χ1) is 21.7. The lowest BCUT2D eigenvalue weighted by Crippen LogP contribution is -2.30. The third kappa shape index (κ3) is 9.14. The zero-order chi connectivity index (χ0) is 32.3. The molecule has 1 atom stereocenters. The summed E-state index contributed by atoms with van der Waals surface area (Å²) in [6, 6.07) is 26.5. The number of carbonyl (C=O) groups excluding carboxylic acids is 3. The van der Waals surface area contributed by atoms with Crippen molar-refractivity contribution in [1.82, 2.24) is 5.32 Å². The third-order valence-electron chi connectivity index (χ3n) is 6.56. The molecule has 0 saturated carbocycles. The van der Waals surface area contributed by atoms with Gasteiger partial charge in [-0.15, -0.1) is 11.8 Å². The first-order valence-corrected chi connectivity index (χ1v) is 15.5. The summed E-state index contributed by atoms with van der Waals surface area (Å²) in [6.45, 7) is 5.95. The van der Waals surface area contributed by atoms with E-state index < -0.39 is 17.1 Å². The molecule has 1 unspecified atom stereocenters. The van der Waals surface area contributed by atoms with Crippen LogP contribution in [-0.4, -0.2) is 36.7 Å². The topological polar surface area (TPSA) is 106 Å². The lowest BCUT2D eigenvalue weighted by molar-refractivity contribution is -0.115. The second-order valence-electron chi connectivity index (χ2n) is 9.88. The molecule has 4 aromatic carbocycles. The largest absolute Gasteiger partial charge is 0.495 e. The van der Waals surface area contributed by atoms with Crippen molar-refractivity contribution < 1.29 is 23.9 Å². The van der Waals surface area contributed by atoms with Crippen LogP contribution in [-0.2, 0) is 9.59 Å². The molecule has 0 aromatic heterocycles. The fourth-order valence-electron chi connectivity index (χ4n) is 4.25. The number of hydrogen-bond acceptors (Lipinski definition) is 6. The second-order valence-corrected chi connectivity index (χ2v) is 11.7. The lowest BCUT2D eigenvalue weighted by atomic mass is 10.1. The van der Waals surface area contributed by atoms with E-state index in [0.717, 1.165) is 10.5 Å². The highest BCUT2D eigenvalue weighted by Crippen LogP contribution is 2.33. The van der Waals surface area contributed by atoms with Crippen LogP contribution in [0.2, 0.25) is 5.02 Å². The molecular weight excluding hydrogens is 610 g/mol. The number of benzene rings is 4. The van der Waals surface area contributed by atoms with Gasteiger partial charge in [0.2, 0.25) is 5.91 Å². The summed E-state index contributed by atoms with van der Waals surface area (Å²) in [5, 5.41) is 8.60. The molecule has 4 aromatic rings. The zero-order valence-electron chi connectivity index (χ0n) is 25.3. The maximum absolute atomic E-state index is 13.6. The molecular formula is C35H34ClN3O5S. The minimum atomic E-state index is -0.524. The van der Waals surface area contributed by atoms with Crippen LogP contribution in [0.3, 0.4) is 0 Å². The number of thioether (sulfide) groups is 1. The number of aryl methyl sites for hydroxylation is 1. The maximum atomic E-state index is 13.6. The molecule has 0 spiro atoms. The molecule has 0 bridgehead atoms. The van der Waals surface area contributed by atoms with E-state index in [2.05, 4.69) is 16.0 Å². The van der Waals surface area contributed by atoms with Crippen LogP contribution in [0.1, 0.15) is 35.3 Å². The van der Waals surface area contributed by atoms with E-state index in [1.54, 1.807) is 79.7 Å². The third-order valence-corrected chi connectivity index (χ3v) is 8.06. The van der Waals surface area contributed by atoms with Crippen LogP contribution in [0.25, 0.3) is 6.08 Å². The summed E-state index contributed by atoms with van der Waals surface area (Å²) in [6.07, 6.45) is 1.58. The highest BCUT2D eigenvalue weighted by Gasteiger charge is 2.19. The average Bonchev–Trinajstić information content (AvgIpc) is 3.03. The molecule has 0 aliphatic rings. The number of para-hydroxylation sites is 1. The number of ether oxygens (including phenoxy) is 2. The van der Waals surface area contributed by atoms with E-state index in [9.17, 15) is 14.4 Å². The average molecular weight is 644 g/mol. The zero-order valence-corrected chi connectivity index (χ0v) is 26.9. The molecule has 0 fully saturated rings. The predicted octanol–water partition coefficient (Wildman–Crippen LogP) is 7.58. The van der Waals surface area contributed by atoms with Crippen molar-refractivity contribution in [3.63, 3.8) is 0 Å². The smallest absolute Gasteiger partial charge is 0.272 e. The van der Waals surface area contributed by atoms with Gasteiger partial charge in [0.25, 0.3) is 11.8 Å². The quantitative estimate of drug-likeness (QED) is 0.109. The van der Waals surface area contributed by atoms with Gasteiger partial charge in [-0.25, -0.2) is 0 Å². The lowest BCUT2D eigenvalue weighted by Gasteiger charge is -2.16. The van der Waals surface area contributed by atoms with Gasteiger partial charge in [0.1, 0.15) is 17.2 Å². The molecule has 3 amide bonds. The number of carbonyl (C=O) groups is 3. The van der Waals surface area contributed by atoms with Crippen molar-refractivity contribution in [3.05, 3.63) is 118 Å². The minimum absolute atomic E-state index is 0.0361. The molecule has 0 aliphatic carbocycles. The number of hydrogen-bond donors (Lipinski definition) is 3. The Morgan fingerprint density at radius 2 is 1.64 bits per heavy atom. The van der Waals surface area contributed by atoms with Gasteiger partial charge >= 0.3 is 0 Å². The van der Waals surface area contributed by atoms with E-state index >= 15 is 0 Å². The fraction of sp³-hybridized carbons (Fsp3) is 0.171. The molecule has 10 heteroatoms. The number of rotatable bonds is 12. The molecule has 232 valence electrons. The Hall–Kier alpha value is -4.73. The second kappa shape index (κ2) is 15.8. The van der Waals surface area contributed by atoms with E-state index in [1.165, 1.54) is 18.9 Å². The summed E-state index contributed by atoms with van der Waals surface area (Å²) in [5.41, 5.74) is 2.91. The fourth-order valence-corrected chi connectivity index (χ4v) is 5.33. The van der Waals surface area contributed by atoms with Gasteiger partial charge in [-0.1, -0.05) is 54.1 Å². The van der Waals surface area contributed by atoms with Crippen LogP contribution >= 0.6 is 23.4 Å². The Bertz CT molecular complexity index is 1710. The number of methoxy groups -OCH3 is 1. The maximum Gasteiger partial charge on any atom is 0.272 e. The van der Waals surface area contributed by atoms with Gasteiger partial charge < -0.3 is 25.4 Å². The first kappa shape index (κ1) is 33.2. The standard InChI is InChI=1S/C35H34ClN3O5S/c1-5-44-31-17-10-9-14-25(31)19-30(39-34(41)24-12-7-6-8-13-24)35(42)37-26-15-11-16-27(20-26)45-23(3)33(40)38-29-18-22(2)28(36)21-32(29)43-4/h6-21,23H,5H2,1-4H3,(H,37,42)(H,38,40)(H,39,41)/b30-19+. The van der Waals surface area contributed by atoms with Crippen molar-refractivity contribution in [3.8, 4) is 11.5 Å². The van der Waals surface area contributed by atoms with Crippen LogP contribution in [0.4, 0.5) is 11.4 Å². The molecule has 0 saturated heterocycles. The Morgan fingerprint density at radius 3 is 2.38 bits per heavy atom. The minimum Gasteiger partial charge on any atom is -0.495 e. The number of anilines is 2. The summed E-state index contributed by atoms with van der Waals surface area (Å²) >= 11 is 7.53. The SMILES string of the molecule is CCOc1ccccc1/C=C(/NC(=O)c1ccccc1)C(=O)Nc1cccc(SC(C)C(=O)Nc2cc(C)c(Cl)cc2OC)c1. The highest BCUT2D eigenvalue weighted by molar-refractivity contribution is 8.00. The van der Waals surface area contributed by atoms with Gasteiger partial charge in [0.15, 0.2) is 0 Å². The Labute approximate surface area is 272 Å². The predicted molar refractivity (Wildman–Crippen MR) is 181 cm³/mol. The van der Waals surface area contributed by atoms with Gasteiger partial charge in [0.05, 0.1) is 24.7 Å². The summed E-state index contributed by atoms with van der Waals surface area (Å²) in [4.78, 5) is 40.4. The van der Waals surface area contributed by atoms with Crippen molar-refractivity contribution in [1.29, 1.82) is 0 Å². The van der Waals surface area contributed by atoms with Crippen LogP contribution in [0.15, 0.2) is 102 Å². The van der Waals surface area contributed by atoms with Crippen molar-refractivity contribution in [2.45, 2.75) is 30.9 Å². The molecule has 3 N–H and O–H groups in total. The molecule has 0 aliphatic heterocycles. The summed E-state index contributed by atoms with van der Waals surface area (Å²) < 4.78 is 11.1. The molecule has 45 heavy (non-hydrogen) atoms. The van der Waals surface area contributed by atoms with Crippen LogP contribution < -0.4 is 25.4 Å². The molecule has 0 radical (unpaired) electrons. The number of halogens is 1. The van der Waals surface area contributed by atoms with Crippen LogP contribution in [0, 0.1) is 6.92 Å². The Balaban J connectivity index is 1.52. The van der Waals surface area contributed by atoms with Gasteiger partial charge in [-0.2, -0.15) is 0 Å². The normalized spacial score (nSPS) is 11.7. The van der Waals surface area contributed by atoms with Crippen LogP contribution in [0.5, 0.6) is 11.5 Å². The Kier molecular flexibility index (Phi) is 11.7. The van der Waals surface area contributed by atoms with Crippen molar-refractivity contribution >= 4 is 58.5 Å². The summed E-state index contributed by atoms with van der Waals surface area (Å²) in [5.74, 6) is -0.133.